The van der Waals surface area contributed by atoms with E-state index in [-0.39, 0.29) is 0 Å². The molecule has 2 aliphatic rings. The van der Waals surface area contributed by atoms with Crippen molar-refractivity contribution in [1.29, 1.82) is 0 Å². The van der Waals surface area contributed by atoms with Gasteiger partial charge in [-0.05, 0) is 80.1 Å². The average Bonchev–Trinajstić information content (AvgIpc) is 2.70. The lowest BCUT2D eigenvalue weighted by Crippen LogP contribution is -2.23. The Labute approximate surface area is 161 Å². The van der Waals surface area contributed by atoms with Crippen molar-refractivity contribution >= 4 is 5.57 Å². The molecule has 0 spiro atoms. The van der Waals surface area contributed by atoms with E-state index in [0.717, 1.165) is 30.1 Å². The number of ether oxygens (including phenoxy) is 1. The second kappa shape index (κ2) is 10.2. The Kier molecular flexibility index (Phi) is 7.65. The van der Waals surface area contributed by atoms with Gasteiger partial charge in [0.2, 0.25) is 0 Å². The maximum atomic E-state index is 5.56. The van der Waals surface area contributed by atoms with Crippen LogP contribution in [0, 0.1) is 17.8 Å². The summed E-state index contributed by atoms with van der Waals surface area (Å²) < 4.78 is 5.56. The molecule has 2 aliphatic carbocycles. The summed E-state index contributed by atoms with van der Waals surface area (Å²) in [5.74, 6) is 3.96. The van der Waals surface area contributed by atoms with Crippen molar-refractivity contribution in [2.45, 2.75) is 84.5 Å². The number of allylic oxidation sites excluding steroid dienone is 2. The molecule has 1 atom stereocenters. The highest BCUT2D eigenvalue weighted by atomic mass is 16.5. The molecule has 1 aromatic rings. The molecule has 0 bridgehead atoms. The van der Waals surface area contributed by atoms with Gasteiger partial charge in [-0.15, -0.1) is 0 Å². The zero-order valence-electron chi connectivity index (χ0n) is 17.0. The van der Waals surface area contributed by atoms with Crippen LogP contribution in [0.5, 0.6) is 5.75 Å². The van der Waals surface area contributed by atoms with Crippen LogP contribution in [0.3, 0.4) is 0 Å². The monoisotopic (exact) mass is 354 g/mol. The zero-order valence-corrected chi connectivity index (χ0v) is 17.0. The zero-order chi connectivity index (χ0) is 18.2. The van der Waals surface area contributed by atoms with Gasteiger partial charge >= 0.3 is 0 Å². The molecule has 1 fully saturated rings. The fourth-order valence-electron chi connectivity index (χ4n) is 5.11. The van der Waals surface area contributed by atoms with Crippen molar-refractivity contribution in [1.82, 2.24) is 0 Å². The second-order valence-corrected chi connectivity index (χ2v) is 8.50. The molecule has 144 valence electrons. The van der Waals surface area contributed by atoms with Gasteiger partial charge in [0, 0.05) is 0 Å². The summed E-state index contributed by atoms with van der Waals surface area (Å²) in [6, 6.07) is 8.70. The lowest BCUT2D eigenvalue weighted by atomic mass is 9.70. The highest BCUT2D eigenvalue weighted by Gasteiger charge is 2.28. The molecule has 0 aliphatic heterocycles. The molecule has 0 saturated heterocycles. The third-order valence-corrected chi connectivity index (χ3v) is 6.76. The standard InChI is InChI=1S/C25H38O/c1-3-5-6-7-20-8-10-21(11-9-20)22-12-14-23(15-13-22)24-16-18-25(19-17-24)26-4-2/h14,16-22H,3-13,15H2,1-2H3. The Hall–Kier alpha value is -1.24. The Morgan fingerprint density at radius 3 is 2.27 bits per heavy atom. The minimum Gasteiger partial charge on any atom is -0.494 e. The summed E-state index contributed by atoms with van der Waals surface area (Å²) >= 11 is 0. The van der Waals surface area contributed by atoms with E-state index >= 15 is 0 Å². The fourth-order valence-corrected chi connectivity index (χ4v) is 5.11. The maximum absolute atomic E-state index is 5.56. The number of unbranched alkanes of at least 4 members (excludes halogenated alkanes) is 2. The Balaban J connectivity index is 1.46. The van der Waals surface area contributed by atoms with Crippen molar-refractivity contribution in [2.24, 2.45) is 17.8 Å². The average molecular weight is 355 g/mol. The Bertz CT molecular complexity index is 548. The van der Waals surface area contributed by atoms with Crippen molar-refractivity contribution in [3.63, 3.8) is 0 Å². The number of hydrogen-bond acceptors (Lipinski definition) is 1. The predicted molar refractivity (Wildman–Crippen MR) is 113 cm³/mol. The van der Waals surface area contributed by atoms with E-state index in [1.165, 1.54) is 76.2 Å². The molecule has 0 aromatic heterocycles. The minimum absolute atomic E-state index is 0.741. The van der Waals surface area contributed by atoms with E-state index < -0.39 is 0 Å². The minimum atomic E-state index is 0.741. The molecule has 0 radical (unpaired) electrons. The quantitative estimate of drug-likeness (QED) is 0.435. The third-order valence-electron chi connectivity index (χ3n) is 6.76. The van der Waals surface area contributed by atoms with Gasteiger partial charge in [0.05, 0.1) is 6.61 Å². The van der Waals surface area contributed by atoms with E-state index in [1.54, 1.807) is 5.57 Å². The fraction of sp³-hybridized carbons (Fsp3) is 0.680. The van der Waals surface area contributed by atoms with Crippen molar-refractivity contribution in [3.05, 3.63) is 35.9 Å². The molecule has 0 amide bonds. The Morgan fingerprint density at radius 1 is 0.885 bits per heavy atom. The summed E-state index contributed by atoms with van der Waals surface area (Å²) in [5, 5.41) is 0. The third kappa shape index (κ3) is 5.38. The van der Waals surface area contributed by atoms with E-state index in [4.69, 9.17) is 4.74 Å². The molecule has 1 saturated carbocycles. The van der Waals surface area contributed by atoms with Gasteiger partial charge in [0.15, 0.2) is 0 Å². The van der Waals surface area contributed by atoms with Crippen LogP contribution in [0.4, 0.5) is 0 Å². The molecule has 3 rings (SSSR count). The molecule has 0 heterocycles. The van der Waals surface area contributed by atoms with E-state index in [1.807, 2.05) is 6.92 Å². The van der Waals surface area contributed by atoms with Gasteiger partial charge in [-0.25, -0.2) is 0 Å². The smallest absolute Gasteiger partial charge is 0.119 e. The van der Waals surface area contributed by atoms with E-state index in [0.29, 0.717) is 0 Å². The number of rotatable bonds is 8. The summed E-state index contributed by atoms with van der Waals surface area (Å²) in [6.45, 7) is 5.09. The van der Waals surface area contributed by atoms with E-state index in [2.05, 4.69) is 37.3 Å². The van der Waals surface area contributed by atoms with Crippen LogP contribution in [0.2, 0.25) is 0 Å². The van der Waals surface area contributed by atoms with Gasteiger partial charge in [0.1, 0.15) is 5.75 Å². The van der Waals surface area contributed by atoms with E-state index in [9.17, 15) is 0 Å². The van der Waals surface area contributed by atoms with Crippen LogP contribution >= 0.6 is 0 Å². The van der Waals surface area contributed by atoms with Gasteiger partial charge in [0.25, 0.3) is 0 Å². The van der Waals surface area contributed by atoms with Gasteiger partial charge in [-0.2, -0.15) is 0 Å². The molecule has 26 heavy (non-hydrogen) atoms. The lowest BCUT2D eigenvalue weighted by Gasteiger charge is -2.35. The summed E-state index contributed by atoms with van der Waals surface area (Å²) in [4.78, 5) is 0. The molecule has 1 unspecified atom stereocenters. The maximum Gasteiger partial charge on any atom is 0.119 e. The summed E-state index contributed by atoms with van der Waals surface area (Å²) in [6.07, 6.45) is 18.2. The van der Waals surface area contributed by atoms with Crippen LogP contribution < -0.4 is 4.74 Å². The van der Waals surface area contributed by atoms with Crippen molar-refractivity contribution < 1.29 is 4.74 Å². The summed E-state index contributed by atoms with van der Waals surface area (Å²) in [5.41, 5.74) is 2.95. The first-order valence-corrected chi connectivity index (χ1v) is 11.2. The van der Waals surface area contributed by atoms with Crippen LogP contribution in [-0.2, 0) is 0 Å². The van der Waals surface area contributed by atoms with Gasteiger partial charge in [-0.3, -0.25) is 0 Å². The summed E-state index contributed by atoms with van der Waals surface area (Å²) in [7, 11) is 0. The topological polar surface area (TPSA) is 9.23 Å². The van der Waals surface area contributed by atoms with Crippen LogP contribution in [0.1, 0.15) is 90.0 Å². The molecule has 1 heteroatoms. The van der Waals surface area contributed by atoms with Crippen molar-refractivity contribution in [2.75, 3.05) is 6.61 Å². The molecular weight excluding hydrogens is 316 g/mol. The predicted octanol–water partition coefficient (Wildman–Crippen LogP) is 7.66. The SMILES string of the molecule is CCCCCC1CCC(C2CC=C(c3ccc(OCC)cc3)CC2)CC1. The largest absolute Gasteiger partial charge is 0.494 e. The number of hydrogen-bond donors (Lipinski definition) is 0. The lowest BCUT2D eigenvalue weighted by molar-refractivity contribution is 0.187. The highest BCUT2D eigenvalue weighted by molar-refractivity contribution is 5.66. The first kappa shape index (κ1) is 19.5. The van der Waals surface area contributed by atoms with Crippen molar-refractivity contribution in [3.8, 4) is 5.75 Å². The molecule has 0 N–H and O–H groups in total. The molecule has 1 aromatic carbocycles. The second-order valence-electron chi connectivity index (χ2n) is 8.50. The Morgan fingerprint density at radius 2 is 1.65 bits per heavy atom. The first-order valence-electron chi connectivity index (χ1n) is 11.2. The van der Waals surface area contributed by atoms with Crippen LogP contribution in [-0.4, -0.2) is 6.61 Å². The molecule has 1 nitrogen and oxygen atoms in total. The number of benzene rings is 1. The van der Waals surface area contributed by atoms with Gasteiger partial charge < -0.3 is 4.74 Å². The molecular formula is C25H38O. The normalized spacial score (nSPS) is 26.4. The highest BCUT2D eigenvalue weighted by Crippen LogP contribution is 2.42. The van der Waals surface area contributed by atoms with Crippen LogP contribution in [0.25, 0.3) is 5.57 Å². The van der Waals surface area contributed by atoms with Gasteiger partial charge in [-0.1, -0.05) is 63.7 Å². The van der Waals surface area contributed by atoms with Crippen LogP contribution in [0.15, 0.2) is 30.3 Å². The first-order chi connectivity index (χ1) is 12.8.